The number of ether oxygens (including phenoxy) is 1. The van der Waals surface area contributed by atoms with Crippen molar-refractivity contribution in [1.29, 1.82) is 0 Å². The van der Waals surface area contributed by atoms with Crippen molar-refractivity contribution in [3.63, 3.8) is 0 Å². The van der Waals surface area contributed by atoms with Crippen LogP contribution in [0.25, 0.3) is 0 Å². The van der Waals surface area contributed by atoms with E-state index in [1.807, 2.05) is 4.90 Å². The Labute approximate surface area is 187 Å². The first-order valence-corrected chi connectivity index (χ1v) is 9.88. The van der Waals surface area contributed by atoms with E-state index in [2.05, 4.69) is 10.6 Å². The van der Waals surface area contributed by atoms with Crippen LogP contribution in [0.1, 0.15) is 26.3 Å². The third kappa shape index (κ3) is 5.10. The molecule has 12 heteroatoms. The van der Waals surface area contributed by atoms with Gasteiger partial charge in [0, 0.05) is 30.9 Å². The fourth-order valence-corrected chi connectivity index (χ4v) is 3.46. The number of carboxylic acid groups (broad SMARTS) is 1. The van der Waals surface area contributed by atoms with Crippen molar-refractivity contribution < 1.29 is 29.5 Å². The molecule has 1 fully saturated rings. The van der Waals surface area contributed by atoms with Gasteiger partial charge in [-0.3, -0.25) is 20.2 Å². The van der Waals surface area contributed by atoms with Crippen LogP contribution in [0.5, 0.6) is 5.75 Å². The van der Waals surface area contributed by atoms with Gasteiger partial charge in [0.15, 0.2) is 5.11 Å². The van der Waals surface area contributed by atoms with Crippen molar-refractivity contribution in [3.8, 4) is 5.75 Å². The summed E-state index contributed by atoms with van der Waals surface area (Å²) >= 11 is 5.16. The van der Waals surface area contributed by atoms with Gasteiger partial charge in [-0.15, -0.1) is 0 Å². The van der Waals surface area contributed by atoms with Crippen molar-refractivity contribution in [1.82, 2.24) is 5.32 Å². The van der Waals surface area contributed by atoms with Crippen molar-refractivity contribution in [2.24, 2.45) is 0 Å². The number of anilines is 2. The largest absolute Gasteiger partial charge is 0.507 e. The molecule has 0 atom stereocenters. The van der Waals surface area contributed by atoms with E-state index in [0.717, 1.165) is 0 Å². The molecule has 0 spiro atoms. The Kier molecular flexibility index (Phi) is 6.85. The first-order valence-electron chi connectivity index (χ1n) is 9.47. The first kappa shape index (κ1) is 22.9. The maximum atomic E-state index is 12.9. The summed E-state index contributed by atoms with van der Waals surface area (Å²) in [5.74, 6) is -2.36. The van der Waals surface area contributed by atoms with E-state index >= 15 is 0 Å². The Morgan fingerprint density at radius 1 is 1.19 bits per heavy atom. The number of aryl methyl sites for hydroxylation is 1. The highest BCUT2D eigenvalue weighted by Crippen LogP contribution is 2.28. The van der Waals surface area contributed by atoms with E-state index in [0.29, 0.717) is 37.6 Å². The van der Waals surface area contributed by atoms with Crippen LogP contribution in [0, 0.1) is 17.0 Å². The van der Waals surface area contributed by atoms with Crippen molar-refractivity contribution in [3.05, 3.63) is 57.1 Å². The molecule has 4 N–H and O–H groups in total. The molecule has 1 heterocycles. The van der Waals surface area contributed by atoms with Crippen LogP contribution in [0.15, 0.2) is 30.3 Å². The van der Waals surface area contributed by atoms with Crippen LogP contribution in [0.2, 0.25) is 0 Å². The molecule has 168 valence electrons. The molecule has 1 aliphatic rings. The minimum absolute atomic E-state index is 0.0679. The normalized spacial score (nSPS) is 13.3. The van der Waals surface area contributed by atoms with Gasteiger partial charge in [-0.2, -0.15) is 0 Å². The zero-order chi connectivity index (χ0) is 23.4. The van der Waals surface area contributed by atoms with Gasteiger partial charge in [0.2, 0.25) is 0 Å². The molecule has 2 aromatic carbocycles. The zero-order valence-corrected chi connectivity index (χ0v) is 17.8. The number of benzene rings is 2. The predicted molar refractivity (Wildman–Crippen MR) is 120 cm³/mol. The maximum absolute atomic E-state index is 12.9. The number of carbonyl (C=O) groups is 2. The first-order chi connectivity index (χ1) is 15.2. The van der Waals surface area contributed by atoms with Gasteiger partial charge in [-0.1, -0.05) is 0 Å². The molecule has 0 aromatic heterocycles. The van der Waals surface area contributed by atoms with E-state index in [9.17, 15) is 29.9 Å². The minimum Gasteiger partial charge on any atom is -0.507 e. The summed E-state index contributed by atoms with van der Waals surface area (Å²) in [6.07, 6.45) is 0. The average Bonchev–Trinajstić information content (AvgIpc) is 2.75. The number of thiocarbonyl (C=S) groups is 1. The Hall–Kier alpha value is -3.77. The number of aromatic carboxylic acids is 1. The van der Waals surface area contributed by atoms with Crippen LogP contribution < -0.4 is 15.5 Å². The monoisotopic (exact) mass is 460 g/mol. The second-order valence-corrected chi connectivity index (χ2v) is 7.37. The van der Waals surface area contributed by atoms with Crippen LogP contribution in [0.3, 0.4) is 0 Å². The van der Waals surface area contributed by atoms with E-state index in [1.54, 1.807) is 0 Å². The summed E-state index contributed by atoms with van der Waals surface area (Å²) in [6.45, 7) is 3.48. The molecule has 1 amide bonds. The zero-order valence-electron chi connectivity index (χ0n) is 17.0. The average molecular weight is 460 g/mol. The Balaban J connectivity index is 1.83. The van der Waals surface area contributed by atoms with Gasteiger partial charge in [0.05, 0.1) is 29.4 Å². The topological polar surface area (TPSA) is 154 Å². The van der Waals surface area contributed by atoms with Gasteiger partial charge in [-0.05, 0) is 42.9 Å². The highest BCUT2D eigenvalue weighted by atomic mass is 32.1. The fraction of sp³-hybridized carbons (Fsp3) is 0.250. The van der Waals surface area contributed by atoms with E-state index in [4.69, 9.17) is 17.0 Å². The lowest BCUT2D eigenvalue weighted by atomic mass is 10.1. The lowest BCUT2D eigenvalue weighted by molar-refractivity contribution is -0.384. The maximum Gasteiger partial charge on any atom is 0.339 e. The van der Waals surface area contributed by atoms with Crippen molar-refractivity contribution >= 4 is 46.3 Å². The quantitative estimate of drug-likeness (QED) is 0.226. The smallest absolute Gasteiger partial charge is 0.339 e. The number of nitrogens with zero attached hydrogens (tertiary/aromatic N) is 2. The minimum atomic E-state index is -1.32. The van der Waals surface area contributed by atoms with E-state index < -0.39 is 16.8 Å². The molecular weight excluding hydrogens is 440 g/mol. The number of rotatable bonds is 5. The Bertz CT molecular complexity index is 1100. The number of carbonyl (C=O) groups excluding carboxylic acids is 1. The molecule has 1 saturated heterocycles. The molecule has 1 aliphatic heterocycles. The Morgan fingerprint density at radius 2 is 1.88 bits per heavy atom. The lowest BCUT2D eigenvalue weighted by Gasteiger charge is -2.30. The number of nitro groups is 1. The highest BCUT2D eigenvalue weighted by molar-refractivity contribution is 7.80. The predicted octanol–water partition coefficient (Wildman–Crippen LogP) is 2.27. The van der Waals surface area contributed by atoms with E-state index in [-0.39, 0.29) is 33.4 Å². The summed E-state index contributed by atoms with van der Waals surface area (Å²) in [5.41, 5.74) is 0.553. The molecular formula is C20H20N4O7S. The van der Waals surface area contributed by atoms with Crippen LogP contribution in [-0.2, 0) is 4.74 Å². The summed E-state index contributed by atoms with van der Waals surface area (Å²) < 4.78 is 5.32. The number of aromatic hydroxyl groups is 1. The number of nitro benzene ring substituents is 1. The number of hydrogen-bond acceptors (Lipinski definition) is 8. The standard InChI is InChI=1S/C20H20N4O7S/c1-11-8-12(9-15(17(11)25)19(27)28)21-20(32)22-18(26)14-10-13(24(29)30)2-3-16(14)23-4-6-31-7-5-23/h2-3,8-10,25H,4-7H2,1H3,(H,27,28)(H2,21,22,26,32). The van der Waals surface area contributed by atoms with E-state index in [1.165, 1.54) is 37.3 Å². The number of nitrogens with one attached hydrogen (secondary N) is 2. The van der Waals surface area contributed by atoms with Gasteiger partial charge < -0.3 is 25.2 Å². The summed E-state index contributed by atoms with van der Waals surface area (Å²) in [6, 6.07) is 6.65. The molecule has 0 bridgehead atoms. The third-order valence-electron chi connectivity index (χ3n) is 4.80. The molecule has 0 saturated carbocycles. The lowest BCUT2D eigenvalue weighted by Crippen LogP contribution is -2.39. The van der Waals surface area contributed by atoms with Gasteiger partial charge in [-0.25, -0.2) is 4.79 Å². The molecule has 0 unspecified atom stereocenters. The molecule has 0 aliphatic carbocycles. The van der Waals surface area contributed by atoms with Crippen LogP contribution in [-0.4, -0.2) is 58.4 Å². The summed E-state index contributed by atoms with van der Waals surface area (Å²) in [5, 5.41) is 35.3. The SMILES string of the molecule is Cc1cc(NC(=S)NC(=O)c2cc([N+](=O)[O-])ccc2N2CCOCC2)cc(C(=O)O)c1O. The van der Waals surface area contributed by atoms with Gasteiger partial charge >= 0.3 is 5.97 Å². The number of phenols is 1. The van der Waals surface area contributed by atoms with Crippen molar-refractivity contribution in [2.75, 3.05) is 36.5 Å². The number of amides is 1. The third-order valence-corrected chi connectivity index (χ3v) is 5.01. The molecule has 32 heavy (non-hydrogen) atoms. The fourth-order valence-electron chi connectivity index (χ4n) is 3.25. The number of morpholine rings is 1. The molecule has 2 aromatic rings. The number of carboxylic acids is 1. The highest BCUT2D eigenvalue weighted by Gasteiger charge is 2.23. The molecule has 3 rings (SSSR count). The van der Waals surface area contributed by atoms with Crippen LogP contribution >= 0.6 is 12.2 Å². The molecule has 11 nitrogen and oxygen atoms in total. The number of hydrogen-bond donors (Lipinski definition) is 4. The summed E-state index contributed by atoms with van der Waals surface area (Å²) in [7, 11) is 0. The summed E-state index contributed by atoms with van der Waals surface area (Å²) in [4.78, 5) is 36.7. The van der Waals surface area contributed by atoms with Gasteiger partial charge in [0.1, 0.15) is 11.3 Å². The number of non-ortho nitro benzene ring substituents is 1. The second kappa shape index (κ2) is 9.58. The Morgan fingerprint density at radius 3 is 2.50 bits per heavy atom. The second-order valence-electron chi connectivity index (χ2n) is 6.96. The molecule has 0 radical (unpaired) electrons. The van der Waals surface area contributed by atoms with Crippen LogP contribution in [0.4, 0.5) is 17.1 Å². The van der Waals surface area contributed by atoms with Gasteiger partial charge in [0.25, 0.3) is 11.6 Å². The van der Waals surface area contributed by atoms with Crippen molar-refractivity contribution in [2.45, 2.75) is 6.92 Å².